The summed E-state index contributed by atoms with van der Waals surface area (Å²) in [5, 5.41) is 8.70. The molecule has 1 aliphatic carbocycles. The first-order valence-corrected chi connectivity index (χ1v) is 10.5. The number of halogens is 1. The predicted octanol–water partition coefficient (Wildman–Crippen LogP) is 4.00. The van der Waals surface area contributed by atoms with Crippen LogP contribution in [0.2, 0.25) is 5.15 Å². The van der Waals surface area contributed by atoms with Crippen LogP contribution in [0, 0.1) is 5.92 Å². The third-order valence-corrected chi connectivity index (χ3v) is 6.22. The largest absolute Gasteiger partial charge is 0.360 e. The van der Waals surface area contributed by atoms with Crippen molar-refractivity contribution in [3.63, 3.8) is 0 Å². The molecule has 0 spiro atoms. The molecule has 1 N–H and O–H groups in total. The average molecular weight is 411 g/mol. The molecule has 150 valence electrons. The van der Waals surface area contributed by atoms with E-state index in [2.05, 4.69) is 33.3 Å². The van der Waals surface area contributed by atoms with E-state index < -0.39 is 0 Å². The van der Waals surface area contributed by atoms with Crippen LogP contribution in [0.25, 0.3) is 10.9 Å². The van der Waals surface area contributed by atoms with Crippen molar-refractivity contribution in [3.8, 4) is 0 Å². The van der Waals surface area contributed by atoms with Crippen molar-refractivity contribution in [3.05, 3.63) is 58.6 Å². The molecule has 2 aliphatic rings. The zero-order valence-corrected chi connectivity index (χ0v) is 17.0. The summed E-state index contributed by atoms with van der Waals surface area (Å²) in [4.78, 5) is 19.4. The van der Waals surface area contributed by atoms with Crippen LogP contribution in [-0.2, 0) is 6.54 Å². The fourth-order valence-electron chi connectivity index (χ4n) is 4.07. The number of para-hydroxylation sites is 1. The highest BCUT2D eigenvalue weighted by atomic mass is 35.5. The van der Waals surface area contributed by atoms with Gasteiger partial charge in [0.15, 0.2) is 5.69 Å². The molecule has 3 heterocycles. The Labute approximate surface area is 174 Å². The molecule has 0 bridgehead atoms. The van der Waals surface area contributed by atoms with Crippen LogP contribution < -0.4 is 5.32 Å². The van der Waals surface area contributed by atoms with Gasteiger partial charge < -0.3 is 9.84 Å². The van der Waals surface area contributed by atoms with Crippen molar-refractivity contribution in [2.75, 3.05) is 13.1 Å². The lowest BCUT2D eigenvalue weighted by Gasteiger charge is -2.17. The maximum Gasteiger partial charge on any atom is 0.273 e. The molecular weight excluding hydrogens is 388 g/mol. The molecule has 1 saturated carbocycles. The van der Waals surface area contributed by atoms with Gasteiger partial charge in [-0.1, -0.05) is 41.9 Å². The molecule has 29 heavy (non-hydrogen) atoms. The summed E-state index contributed by atoms with van der Waals surface area (Å²) in [7, 11) is 0. The molecule has 1 aliphatic heterocycles. The summed E-state index contributed by atoms with van der Waals surface area (Å²) < 4.78 is 5.31. The summed E-state index contributed by atoms with van der Waals surface area (Å²) >= 11 is 6.43. The Morgan fingerprint density at radius 3 is 2.93 bits per heavy atom. The van der Waals surface area contributed by atoms with Gasteiger partial charge in [-0.2, -0.15) is 0 Å². The Kier molecular flexibility index (Phi) is 4.76. The fraction of sp³-hybridized carbons (Fsp3) is 0.409. The number of hydrogen-bond acceptors (Lipinski definition) is 5. The minimum Gasteiger partial charge on any atom is -0.360 e. The van der Waals surface area contributed by atoms with Crippen LogP contribution in [-0.4, -0.2) is 40.1 Å². The van der Waals surface area contributed by atoms with E-state index in [1.807, 2.05) is 24.3 Å². The van der Waals surface area contributed by atoms with Gasteiger partial charge in [0.25, 0.3) is 5.91 Å². The number of nitrogens with zero attached hydrogens (tertiary/aromatic N) is 3. The lowest BCUT2D eigenvalue weighted by Crippen LogP contribution is -2.40. The van der Waals surface area contributed by atoms with Gasteiger partial charge in [-0.15, -0.1) is 0 Å². The molecular formula is C22H23ClN4O2. The van der Waals surface area contributed by atoms with E-state index >= 15 is 0 Å². The number of amides is 1. The molecule has 0 unspecified atom stereocenters. The number of rotatable bonds is 5. The number of carbonyl (C=O) groups excluding carboxylic acids is 1. The van der Waals surface area contributed by atoms with Crippen LogP contribution in [0.1, 0.15) is 47.5 Å². The summed E-state index contributed by atoms with van der Waals surface area (Å²) in [5.74, 6) is 1.45. The quantitative estimate of drug-likeness (QED) is 0.643. The maximum absolute atomic E-state index is 12.6. The van der Waals surface area contributed by atoms with Crippen molar-refractivity contribution < 1.29 is 9.32 Å². The number of pyridine rings is 1. The van der Waals surface area contributed by atoms with Gasteiger partial charge >= 0.3 is 0 Å². The number of benzene rings is 1. The molecule has 5 rings (SSSR count). The molecule has 1 amide bonds. The first-order valence-electron chi connectivity index (χ1n) is 10.1. The molecule has 7 heteroatoms. The lowest BCUT2D eigenvalue weighted by atomic mass is 10.1. The zero-order valence-electron chi connectivity index (χ0n) is 16.3. The van der Waals surface area contributed by atoms with E-state index in [4.69, 9.17) is 16.1 Å². The summed E-state index contributed by atoms with van der Waals surface area (Å²) in [6.45, 7) is 4.52. The summed E-state index contributed by atoms with van der Waals surface area (Å²) in [6, 6.07) is 11.9. The third-order valence-electron chi connectivity index (χ3n) is 5.89. The monoisotopic (exact) mass is 410 g/mol. The molecule has 2 fully saturated rings. The van der Waals surface area contributed by atoms with Crippen molar-refractivity contribution in [2.24, 2.45) is 5.92 Å². The van der Waals surface area contributed by atoms with Crippen molar-refractivity contribution >= 4 is 28.4 Å². The smallest absolute Gasteiger partial charge is 0.273 e. The van der Waals surface area contributed by atoms with Gasteiger partial charge in [0.1, 0.15) is 10.9 Å². The number of hydrogen-bond donors (Lipinski definition) is 1. The van der Waals surface area contributed by atoms with Crippen LogP contribution in [0.3, 0.4) is 0 Å². The standard InChI is InChI=1S/C22H23ClN4O2/c1-13-10-27(11-16-8-15-4-2-3-5-17(15)24-21(16)23)12-19(13)25-22(28)18-9-20(29-26-18)14-6-7-14/h2-5,8-9,13-14,19H,6-7,10-12H2,1H3,(H,25,28)/t13-,19+/m0/s1. The van der Waals surface area contributed by atoms with E-state index in [9.17, 15) is 4.79 Å². The maximum atomic E-state index is 12.6. The normalized spacial score (nSPS) is 22.3. The molecule has 2 atom stereocenters. The van der Waals surface area contributed by atoms with E-state index in [0.717, 1.165) is 48.2 Å². The average Bonchev–Trinajstić information content (AvgIpc) is 3.33. The van der Waals surface area contributed by atoms with Crippen LogP contribution in [0.15, 0.2) is 40.9 Å². The van der Waals surface area contributed by atoms with Gasteiger partial charge in [0, 0.05) is 48.6 Å². The Morgan fingerprint density at radius 2 is 2.10 bits per heavy atom. The Hall–Kier alpha value is -2.44. The lowest BCUT2D eigenvalue weighted by molar-refractivity contribution is 0.0922. The van der Waals surface area contributed by atoms with Crippen LogP contribution >= 0.6 is 11.6 Å². The molecule has 0 radical (unpaired) electrons. The van der Waals surface area contributed by atoms with Crippen molar-refractivity contribution in [1.82, 2.24) is 20.4 Å². The van der Waals surface area contributed by atoms with E-state index in [1.54, 1.807) is 6.07 Å². The molecule has 6 nitrogen and oxygen atoms in total. The molecule has 2 aromatic heterocycles. The highest BCUT2D eigenvalue weighted by Gasteiger charge is 2.33. The van der Waals surface area contributed by atoms with Gasteiger partial charge in [-0.25, -0.2) is 4.98 Å². The second-order valence-electron chi connectivity index (χ2n) is 8.27. The number of nitrogens with one attached hydrogen (secondary N) is 1. The van der Waals surface area contributed by atoms with Gasteiger partial charge in [-0.05, 0) is 30.9 Å². The zero-order chi connectivity index (χ0) is 20.0. The first-order chi connectivity index (χ1) is 14.1. The summed E-state index contributed by atoms with van der Waals surface area (Å²) in [6.07, 6.45) is 2.24. The van der Waals surface area contributed by atoms with Crippen molar-refractivity contribution in [1.29, 1.82) is 0 Å². The first kappa shape index (κ1) is 18.6. The Morgan fingerprint density at radius 1 is 1.28 bits per heavy atom. The fourth-order valence-corrected chi connectivity index (χ4v) is 4.28. The van der Waals surface area contributed by atoms with Crippen LogP contribution in [0.4, 0.5) is 0 Å². The number of fused-ring (bicyclic) bond motifs is 1. The topological polar surface area (TPSA) is 71.3 Å². The van der Waals surface area contributed by atoms with Crippen molar-refractivity contribution in [2.45, 2.75) is 38.3 Å². The van der Waals surface area contributed by atoms with E-state index in [-0.39, 0.29) is 11.9 Å². The SMILES string of the molecule is C[C@H]1CN(Cc2cc3ccccc3nc2Cl)C[C@H]1NC(=O)c1cc(C2CC2)on1. The summed E-state index contributed by atoms with van der Waals surface area (Å²) in [5.41, 5.74) is 2.29. The minimum absolute atomic E-state index is 0.0655. The van der Waals surface area contributed by atoms with Gasteiger partial charge in [0.2, 0.25) is 0 Å². The Bertz CT molecular complexity index is 1060. The predicted molar refractivity (Wildman–Crippen MR) is 111 cm³/mol. The van der Waals surface area contributed by atoms with Crippen LogP contribution in [0.5, 0.6) is 0 Å². The number of aromatic nitrogens is 2. The molecule has 3 aromatic rings. The number of carbonyl (C=O) groups is 1. The molecule has 1 saturated heterocycles. The minimum atomic E-state index is -0.162. The van der Waals surface area contributed by atoms with Gasteiger partial charge in [-0.3, -0.25) is 9.69 Å². The molecule has 1 aromatic carbocycles. The van der Waals surface area contributed by atoms with E-state index in [0.29, 0.717) is 29.2 Å². The highest BCUT2D eigenvalue weighted by molar-refractivity contribution is 6.30. The third kappa shape index (κ3) is 3.87. The van der Waals surface area contributed by atoms with E-state index in [1.165, 1.54) is 0 Å². The number of likely N-dealkylation sites (tertiary alicyclic amines) is 1. The van der Waals surface area contributed by atoms with Gasteiger partial charge in [0.05, 0.1) is 5.52 Å². The second-order valence-corrected chi connectivity index (χ2v) is 8.63. The second kappa shape index (κ2) is 7.43. The highest BCUT2D eigenvalue weighted by Crippen LogP contribution is 2.40. The Balaban J connectivity index is 1.24.